The Morgan fingerprint density at radius 2 is 1.30 bits per heavy atom. The van der Waals surface area contributed by atoms with E-state index in [4.69, 9.17) is 0 Å². The Balaban J connectivity index is -0.000000418. The Bertz CT molecular complexity index is 912. The molecule has 0 fully saturated rings. The molecule has 0 unspecified atom stereocenters. The summed E-state index contributed by atoms with van der Waals surface area (Å²) in [4.78, 5) is 0. The van der Waals surface area contributed by atoms with Crippen LogP contribution in [-0.2, 0) is 27.1 Å². The summed E-state index contributed by atoms with van der Waals surface area (Å²) in [7, 11) is 3.92. The lowest BCUT2D eigenvalue weighted by molar-refractivity contribution is 0.596. The van der Waals surface area contributed by atoms with Gasteiger partial charge in [0.05, 0.1) is 18.1 Å². The monoisotopic (exact) mass is 519 g/mol. The average molecular weight is 519 g/mol. The van der Waals surface area contributed by atoms with Gasteiger partial charge in [0.15, 0.2) is 0 Å². The molecule has 0 aromatic carbocycles. The zero-order valence-electron chi connectivity index (χ0n) is 27.7. The van der Waals surface area contributed by atoms with Gasteiger partial charge >= 0.3 is 0 Å². The first kappa shape index (κ1) is 39.1. The fourth-order valence-electron chi connectivity index (χ4n) is 3.57. The van der Waals surface area contributed by atoms with Crippen molar-refractivity contribution in [2.75, 3.05) is 0 Å². The van der Waals surface area contributed by atoms with E-state index in [1.165, 1.54) is 34.5 Å². The lowest BCUT2D eigenvalue weighted by Gasteiger charge is -2.08. The van der Waals surface area contributed by atoms with Gasteiger partial charge in [-0.1, -0.05) is 82.6 Å². The molecule has 0 aliphatic carbocycles. The predicted octanol–water partition coefficient (Wildman–Crippen LogP) is 8.95. The van der Waals surface area contributed by atoms with E-state index in [0.29, 0.717) is 11.8 Å². The number of hydrogen-bond acceptors (Lipinski definition) is 3. The molecular formula is C31H62N6. The largest absolute Gasteiger partial charge is 0.275 e. The first-order chi connectivity index (χ1) is 17.4. The van der Waals surface area contributed by atoms with Crippen molar-refractivity contribution in [1.82, 2.24) is 29.3 Å². The molecule has 3 heterocycles. The van der Waals surface area contributed by atoms with Crippen LogP contribution in [0.5, 0.6) is 0 Å². The molecular weight excluding hydrogens is 456 g/mol. The second kappa shape index (κ2) is 22.8. The van der Waals surface area contributed by atoms with E-state index in [1.54, 1.807) is 0 Å². The third-order valence-electron chi connectivity index (χ3n) is 5.31. The van der Waals surface area contributed by atoms with Gasteiger partial charge in [-0.2, -0.15) is 15.3 Å². The van der Waals surface area contributed by atoms with Crippen molar-refractivity contribution in [3.05, 3.63) is 52.4 Å². The molecule has 0 aliphatic rings. The van der Waals surface area contributed by atoms with Gasteiger partial charge in [0.1, 0.15) is 0 Å². The van der Waals surface area contributed by atoms with Crippen molar-refractivity contribution in [3.8, 4) is 0 Å². The first-order valence-electron chi connectivity index (χ1n) is 14.4. The maximum Gasteiger partial charge on any atom is 0.0625 e. The molecule has 0 atom stereocenters. The van der Waals surface area contributed by atoms with Crippen molar-refractivity contribution in [2.24, 2.45) is 14.1 Å². The van der Waals surface area contributed by atoms with Crippen LogP contribution in [0.25, 0.3) is 0 Å². The van der Waals surface area contributed by atoms with Crippen molar-refractivity contribution in [2.45, 2.75) is 135 Å². The van der Waals surface area contributed by atoms with E-state index in [-0.39, 0.29) is 0 Å². The summed E-state index contributed by atoms with van der Waals surface area (Å²) in [6.07, 6.45) is 8.29. The van der Waals surface area contributed by atoms with Gasteiger partial charge < -0.3 is 0 Å². The van der Waals surface area contributed by atoms with Crippen molar-refractivity contribution >= 4 is 0 Å². The summed E-state index contributed by atoms with van der Waals surface area (Å²) in [5, 5.41) is 12.6. The van der Waals surface area contributed by atoms with E-state index in [9.17, 15) is 0 Å². The van der Waals surface area contributed by atoms with E-state index >= 15 is 0 Å². The Morgan fingerprint density at radius 1 is 0.784 bits per heavy atom. The minimum atomic E-state index is 0.581. The molecule has 0 saturated carbocycles. The summed E-state index contributed by atoms with van der Waals surface area (Å²) in [5.41, 5.74) is 7.80. The first-order valence-corrected chi connectivity index (χ1v) is 14.4. The van der Waals surface area contributed by atoms with Crippen LogP contribution >= 0.6 is 0 Å². The predicted molar refractivity (Wildman–Crippen MR) is 165 cm³/mol. The molecule has 6 heteroatoms. The van der Waals surface area contributed by atoms with Crippen LogP contribution < -0.4 is 0 Å². The highest BCUT2D eigenvalue weighted by Gasteiger charge is 2.09. The SMILES string of the molecule is CC.CC.CCC.CCc1cn(C)nc1C.CCn1ncc(C)c1C(C)C.Cc1c(C(C)C)cnn1C. The average Bonchev–Trinajstić information content (AvgIpc) is 3.53. The highest BCUT2D eigenvalue weighted by atomic mass is 15.3. The topological polar surface area (TPSA) is 53.5 Å². The number of rotatable bonds is 4. The van der Waals surface area contributed by atoms with Gasteiger partial charge in [0.25, 0.3) is 0 Å². The molecule has 216 valence electrons. The maximum atomic E-state index is 4.27. The van der Waals surface area contributed by atoms with Gasteiger partial charge in [-0.05, 0) is 62.6 Å². The number of aryl methyl sites for hydroxylation is 6. The fraction of sp³-hybridized carbons (Fsp3) is 0.710. The number of nitrogens with zero attached hydrogens (tertiary/aromatic N) is 6. The highest BCUT2D eigenvalue weighted by molar-refractivity contribution is 5.19. The van der Waals surface area contributed by atoms with Gasteiger partial charge in [-0.15, -0.1) is 0 Å². The molecule has 0 bridgehead atoms. The molecule has 0 saturated heterocycles. The van der Waals surface area contributed by atoms with E-state index < -0.39 is 0 Å². The summed E-state index contributed by atoms with van der Waals surface area (Å²) >= 11 is 0. The molecule has 0 aliphatic heterocycles. The van der Waals surface area contributed by atoms with Crippen molar-refractivity contribution < 1.29 is 0 Å². The van der Waals surface area contributed by atoms with Gasteiger partial charge in [-0.25, -0.2) is 0 Å². The van der Waals surface area contributed by atoms with Crippen LogP contribution in [0.15, 0.2) is 18.6 Å². The van der Waals surface area contributed by atoms with Gasteiger partial charge in [0.2, 0.25) is 0 Å². The standard InChI is InChI=1S/C9H16N2.C8H14N2.C7H12N2.C3H8.2C2H6/c1-5-11-9(7(2)3)8(4)6-10-11;1-6(2)8-5-9-10(4)7(8)3;1-4-7-5-9(3)8-6(7)2;1-3-2;2*1-2/h6-7H,5H2,1-4H3;5-6H,1-4H3;5H,4H2,1-3H3;3H2,1-2H3;2*1-2H3. The molecule has 3 aromatic heterocycles. The second-order valence-electron chi connectivity index (χ2n) is 9.12. The maximum absolute atomic E-state index is 4.27. The van der Waals surface area contributed by atoms with Gasteiger partial charge in [-0.3, -0.25) is 14.0 Å². The lowest BCUT2D eigenvalue weighted by Crippen LogP contribution is -2.04. The Morgan fingerprint density at radius 3 is 1.51 bits per heavy atom. The van der Waals surface area contributed by atoms with Crippen LogP contribution in [0.4, 0.5) is 0 Å². The highest BCUT2D eigenvalue weighted by Crippen LogP contribution is 2.18. The van der Waals surface area contributed by atoms with Crippen LogP contribution in [0.2, 0.25) is 0 Å². The molecule has 0 amide bonds. The lowest BCUT2D eigenvalue weighted by atomic mass is 10.1. The summed E-state index contributed by atoms with van der Waals surface area (Å²) in [6, 6.07) is 0. The zero-order valence-corrected chi connectivity index (χ0v) is 27.7. The van der Waals surface area contributed by atoms with Crippen LogP contribution in [0, 0.1) is 20.8 Å². The smallest absolute Gasteiger partial charge is 0.0625 e. The molecule has 0 spiro atoms. The molecule has 3 rings (SSSR count). The van der Waals surface area contributed by atoms with Gasteiger partial charge in [0, 0.05) is 38.2 Å². The minimum absolute atomic E-state index is 0.581. The molecule has 3 aromatic rings. The van der Waals surface area contributed by atoms with Crippen molar-refractivity contribution in [1.29, 1.82) is 0 Å². The normalized spacial score (nSPS) is 9.49. The van der Waals surface area contributed by atoms with E-state index in [0.717, 1.165) is 18.7 Å². The second-order valence-corrected chi connectivity index (χ2v) is 9.12. The van der Waals surface area contributed by atoms with Crippen LogP contribution in [0.1, 0.15) is 135 Å². The summed E-state index contributed by atoms with van der Waals surface area (Å²) in [5.74, 6) is 1.17. The molecule has 0 radical (unpaired) electrons. The van der Waals surface area contributed by atoms with E-state index in [1.807, 2.05) is 70.5 Å². The summed E-state index contributed by atoms with van der Waals surface area (Å²) < 4.78 is 5.84. The zero-order chi connectivity index (χ0) is 29.7. The number of hydrogen-bond donors (Lipinski definition) is 0. The van der Waals surface area contributed by atoms with Crippen molar-refractivity contribution in [3.63, 3.8) is 0 Å². The fourth-order valence-corrected chi connectivity index (χ4v) is 3.57. The Hall–Kier alpha value is -2.37. The molecule has 0 N–H and O–H groups in total. The third kappa shape index (κ3) is 14.8. The quantitative estimate of drug-likeness (QED) is 0.346. The Kier molecular flexibility index (Phi) is 24.1. The molecule has 6 nitrogen and oxygen atoms in total. The summed E-state index contributed by atoms with van der Waals surface area (Å²) in [6.45, 7) is 32.5. The number of aromatic nitrogens is 6. The van der Waals surface area contributed by atoms with E-state index in [2.05, 4.69) is 95.4 Å². The van der Waals surface area contributed by atoms with Crippen LogP contribution in [0.3, 0.4) is 0 Å². The molecule has 37 heavy (non-hydrogen) atoms. The van der Waals surface area contributed by atoms with Crippen LogP contribution in [-0.4, -0.2) is 29.3 Å². The Labute approximate surface area is 230 Å². The minimum Gasteiger partial charge on any atom is -0.275 e. The third-order valence-corrected chi connectivity index (χ3v) is 5.31.